The Morgan fingerprint density at radius 3 is 2.56 bits per heavy atom. The van der Waals surface area contributed by atoms with Gasteiger partial charge in [-0.3, -0.25) is 14.2 Å². The Morgan fingerprint density at radius 1 is 1.22 bits per heavy atom. The first-order valence-electron chi connectivity index (χ1n) is 8.57. The zero-order chi connectivity index (χ0) is 19.6. The van der Waals surface area contributed by atoms with Gasteiger partial charge in [-0.15, -0.1) is 0 Å². The van der Waals surface area contributed by atoms with Gasteiger partial charge in [0, 0.05) is 22.9 Å². The normalized spacial score (nSPS) is 11.3. The van der Waals surface area contributed by atoms with Gasteiger partial charge < -0.3 is 5.73 Å². The number of rotatable bonds is 6. The van der Waals surface area contributed by atoms with Crippen molar-refractivity contribution < 1.29 is 4.79 Å². The highest BCUT2D eigenvalue weighted by Gasteiger charge is 2.13. The van der Waals surface area contributed by atoms with Crippen LogP contribution in [-0.2, 0) is 12.3 Å². The van der Waals surface area contributed by atoms with Crippen molar-refractivity contribution in [2.45, 2.75) is 31.3 Å². The van der Waals surface area contributed by atoms with Crippen LogP contribution in [0.25, 0.3) is 10.9 Å². The quantitative estimate of drug-likeness (QED) is 0.498. The van der Waals surface area contributed by atoms with E-state index >= 15 is 0 Å². The van der Waals surface area contributed by atoms with Crippen LogP contribution in [0.1, 0.15) is 29.8 Å². The Morgan fingerprint density at radius 2 is 1.93 bits per heavy atom. The Bertz CT molecular complexity index is 1050. The molecule has 0 unspecified atom stereocenters. The minimum Gasteiger partial charge on any atom is -0.366 e. The van der Waals surface area contributed by atoms with Crippen molar-refractivity contribution >= 4 is 40.2 Å². The lowest BCUT2D eigenvalue weighted by atomic mass is 10.1. The Hall–Kier alpha value is -2.31. The van der Waals surface area contributed by atoms with Crippen molar-refractivity contribution in [1.29, 1.82) is 0 Å². The third-order valence-electron chi connectivity index (χ3n) is 4.04. The fourth-order valence-corrected chi connectivity index (χ4v) is 3.86. The van der Waals surface area contributed by atoms with Crippen molar-refractivity contribution in [3.05, 3.63) is 69.0 Å². The first kappa shape index (κ1) is 19.5. The zero-order valence-electron chi connectivity index (χ0n) is 15.1. The molecule has 3 rings (SSSR count). The van der Waals surface area contributed by atoms with E-state index in [1.165, 1.54) is 11.8 Å². The lowest BCUT2D eigenvalue weighted by molar-refractivity contribution is 0.100. The molecule has 1 amide bonds. The van der Waals surface area contributed by atoms with Crippen molar-refractivity contribution in [1.82, 2.24) is 9.55 Å². The van der Waals surface area contributed by atoms with Gasteiger partial charge in [0.05, 0.1) is 10.9 Å². The topological polar surface area (TPSA) is 78.0 Å². The third-order valence-corrected chi connectivity index (χ3v) is 5.32. The van der Waals surface area contributed by atoms with Gasteiger partial charge in [-0.25, -0.2) is 4.98 Å². The van der Waals surface area contributed by atoms with Crippen molar-refractivity contribution in [3.8, 4) is 0 Å². The molecule has 0 saturated carbocycles. The minimum atomic E-state index is -0.449. The van der Waals surface area contributed by atoms with E-state index in [-0.39, 0.29) is 5.56 Å². The van der Waals surface area contributed by atoms with Gasteiger partial charge in [-0.1, -0.05) is 49.3 Å². The summed E-state index contributed by atoms with van der Waals surface area (Å²) in [6, 6.07) is 12.3. The average Bonchev–Trinajstić information content (AvgIpc) is 2.63. The number of hydrogen-bond donors (Lipinski definition) is 1. The molecule has 1 aromatic heterocycles. The van der Waals surface area contributed by atoms with Crippen LogP contribution in [-0.4, -0.2) is 15.5 Å². The summed E-state index contributed by atoms with van der Waals surface area (Å²) in [5.74, 6) is 0.480. The number of benzene rings is 2. The Balaban J connectivity index is 1.95. The van der Waals surface area contributed by atoms with Gasteiger partial charge in [-0.2, -0.15) is 0 Å². The fourth-order valence-electron chi connectivity index (χ4n) is 2.72. The molecule has 0 fully saturated rings. The van der Waals surface area contributed by atoms with E-state index in [9.17, 15) is 9.59 Å². The van der Waals surface area contributed by atoms with Gasteiger partial charge in [0.15, 0.2) is 5.16 Å². The summed E-state index contributed by atoms with van der Waals surface area (Å²) in [6.45, 7) is 4.70. The fraction of sp³-hybridized carbons (Fsp3) is 0.250. The van der Waals surface area contributed by atoms with Crippen molar-refractivity contribution in [2.75, 3.05) is 0 Å². The molecule has 0 spiro atoms. The molecule has 140 valence electrons. The number of nitrogens with zero attached hydrogens (tertiary/aromatic N) is 2. The number of thioether (sulfide) groups is 1. The van der Waals surface area contributed by atoms with E-state index in [0.29, 0.717) is 44.9 Å². The summed E-state index contributed by atoms with van der Waals surface area (Å²) < 4.78 is 1.71. The molecule has 27 heavy (non-hydrogen) atoms. The predicted molar refractivity (Wildman–Crippen MR) is 110 cm³/mol. The highest BCUT2D eigenvalue weighted by molar-refractivity contribution is 7.98. The Kier molecular flexibility index (Phi) is 5.87. The molecule has 0 atom stereocenters. The maximum Gasteiger partial charge on any atom is 0.262 e. The third kappa shape index (κ3) is 4.51. The van der Waals surface area contributed by atoms with Crippen LogP contribution < -0.4 is 11.3 Å². The number of amides is 1. The van der Waals surface area contributed by atoms with Crippen LogP contribution in [0.3, 0.4) is 0 Å². The van der Waals surface area contributed by atoms with Crippen molar-refractivity contribution in [2.24, 2.45) is 11.7 Å². The summed E-state index contributed by atoms with van der Waals surface area (Å²) in [6.07, 6.45) is 0. The highest BCUT2D eigenvalue weighted by Crippen LogP contribution is 2.24. The molecule has 0 radical (unpaired) electrons. The van der Waals surface area contributed by atoms with Crippen LogP contribution >= 0.6 is 23.4 Å². The lowest BCUT2D eigenvalue weighted by Gasteiger charge is -2.15. The summed E-state index contributed by atoms with van der Waals surface area (Å²) in [4.78, 5) is 28.8. The van der Waals surface area contributed by atoms with Crippen LogP contribution in [0.15, 0.2) is 52.4 Å². The molecule has 2 N–H and O–H groups in total. The average molecular weight is 402 g/mol. The second-order valence-corrected chi connectivity index (χ2v) is 8.09. The number of nitrogens with two attached hydrogens (primary N) is 1. The number of primary amides is 1. The summed E-state index contributed by atoms with van der Waals surface area (Å²) in [5.41, 5.74) is 7.32. The summed E-state index contributed by atoms with van der Waals surface area (Å²) in [7, 11) is 0. The predicted octanol–water partition coefficient (Wildman–Crippen LogP) is 4.10. The van der Waals surface area contributed by atoms with Gasteiger partial charge in [0.25, 0.3) is 5.56 Å². The van der Waals surface area contributed by atoms with Gasteiger partial charge >= 0.3 is 0 Å². The molecular formula is C20H20ClN3O2S. The molecular weight excluding hydrogens is 382 g/mol. The lowest BCUT2D eigenvalue weighted by Crippen LogP contribution is -2.25. The molecule has 0 aliphatic heterocycles. The minimum absolute atomic E-state index is 0.0808. The number of aromatic nitrogens is 2. The maximum atomic E-state index is 13.0. The SMILES string of the molecule is CC(C)Cn1c(SCc2ccc(C(N)=O)cc2)nc2ccc(Cl)cc2c1=O. The summed E-state index contributed by atoms with van der Waals surface area (Å²) in [5, 5.41) is 1.72. The monoisotopic (exact) mass is 401 g/mol. The number of halogens is 1. The van der Waals surface area contributed by atoms with E-state index in [4.69, 9.17) is 17.3 Å². The first-order chi connectivity index (χ1) is 12.8. The largest absolute Gasteiger partial charge is 0.366 e. The molecule has 0 saturated heterocycles. The second-order valence-electron chi connectivity index (χ2n) is 6.72. The molecule has 3 aromatic rings. The van der Waals surface area contributed by atoms with Gasteiger partial charge in [0.2, 0.25) is 5.91 Å². The molecule has 0 bridgehead atoms. The molecule has 7 heteroatoms. The standard InChI is InChI=1S/C20H20ClN3O2S/c1-12(2)10-24-19(26)16-9-15(21)7-8-17(16)23-20(24)27-11-13-3-5-14(6-4-13)18(22)25/h3-9,12H,10-11H2,1-2H3,(H2,22,25). The molecule has 5 nitrogen and oxygen atoms in total. The second kappa shape index (κ2) is 8.15. The van der Waals surface area contributed by atoms with Crippen LogP contribution in [0, 0.1) is 5.92 Å². The van der Waals surface area contributed by atoms with E-state index in [1.807, 2.05) is 12.1 Å². The van der Waals surface area contributed by atoms with Crippen molar-refractivity contribution in [3.63, 3.8) is 0 Å². The molecule has 2 aromatic carbocycles. The maximum absolute atomic E-state index is 13.0. The first-order valence-corrected chi connectivity index (χ1v) is 9.93. The summed E-state index contributed by atoms with van der Waals surface area (Å²) >= 11 is 7.54. The smallest absolute Gasteiger partial charge is 0.262 e. The van der Waals surface area contributed by atoms with E-state index in [0.717, 1.165) is 5.56 Å². The number of carbonyl (C=O) groups is 1. The molecule has 1 heterocycles. The van der Waals surface area contributed by atoms with Crippen LogP contribution in [0.4, 0.5) is 0 Å². The Labute approximate surface area is 166 Å². The zero-order valence-corrected chi connectivity index (χ0v) is 16.7. The number of carbonyl (C=O) groups excluding carboxylic acids is 1. The van der Waals surface area contributed by atoms with E-state index < -0.39 is 5.91 Å². The number of fused-ring (bicyclic) bond motifs is 1. The number of hydrogen-bond acceptors (Lipinski definition) is 4. The molecule has 0 aliphatic rings. The van der Waals surface area contributed by atoms with Crippen LogP contribution in [0.5, 0.6) is 0 Å². The highest BCUT2D eigenvalue weighted by atomic mass is 35.5. The van der Waals surface area contributed by atoms with E-state index in [2.05, 4.69) is 18.8 Å². The molecule has 0 aliphatic carbocycles. The van der Waals surface area contributed by atoms with Crippen LogP contribution in [0.2, 0.25) is 5.02 Å². The van der Waals surface area contributed by atoms with Gasteiger partial charge in [-0.05, 0) is 41.8 Å². The van der Waals surface area contributed by atoms with Gasteiger partial charge in [0.1, 0.15) is 0 Å². The van der Waals surface area contributed by atoms with E-state index in [1.54, 1.807) is 34.9 Å².